The number of hydrogen-bond acceptors (Lipinski definition) is 6. The highest BCUT2D eigenvalue weighted by Crippen LogP contribution is 2.23. The molecule has 0 spiro atoms. The molecule has 1 saturated heterocycles. The molecule has 0 radical (unpaired) electrons. The third kappa shape index (κ3) is 3.50. The lowest BCUT2D eigenvalue weighted by molar-refractivity contribution is 0.471. The molecule has 6 nitrogen and oxygen atoms in total. The average Bonchev–Trinajstić information content (AvgIpc) is 2.93. The van der Waals surface area contributed by atoms with Gasteiger partial charge in [-0.15, -0.1) is 11.8 Å². The van der Waals surface area contributed by atoms with Gasteiger partial charge in [-0.1, -0.05) is 0 Å². The van der Waals surface area contributed by atoms with Crippen LogP contribution in [0.25, 0.3) is 0 Å². The fraction of sp³-hybridized carbons (Fsp3) is 0.583. The maximum atomic E-state index is 12.3. The smallest absolute Gasteiger partial charge is 0.245 e. The monoisotopic (exact) mass is 316 g/mol. The van der Waals surface area contributed by atoms with Crippen molar-refractivity contribution in [2.24, 2.45) is 11.5 Å². The molecule has 4 N–H and O–H groups in total. The second-order valence-electron chi connectivity index (χ2n) is 5.24. The zero-order valence-corrected chi connectivity index (χ0v) is 13.1. The first-order valence-electron chi connectivity index (χ1n) is 6.37. The van der Waals surface area contributed by atoms with Crippen LogP contribution in [0.3, 0.4) is 0 Å². The largest absolute Gasteiger partial charge is 0.329 e. The zero-order valence-electron chi connectivity index (χ0n) is 11.4. The van der Waals surface area contributed by atoms with Crippen LogP contribution in [0.4, 0.5) is 0 Å². The summed E-state index contributed by atoms with van der Waals surface area (Å²) in [6, 6.07) is 3.30. The van der Waals surface area contributed by atoms with Crippen LogP contribution in [0.15, 0.2) is 23.2 Å². The molecule has 1 aliphatic rings. The van der Waals surface area contributed by atoms with Crippen molar-refractivity contribution in [2.45, 2.75) is 23.8 Å². The van der Waals surface area contributed by atoms with Crippen molar-refractivity contribution in [3.8, 4) is 0 Å². The van der Waals surface area contributed by atoms with Crippen LogP contribution >= 0.6 is 11.8 Å². The Kier molecular flexibility index (Phi) is 4.70. The Balaban J connectivity index is 2.16. The van der Waals surface area contributed by atoms with Crippen LogP contribution in [0.2, 0.25) is 0 Å². The lowest BCUT2D eigenvalue weighted by atomic mass is 9.97. The molecule has 0 bridgehead atoms. The van der Waals surface area contributed by atoms with E-state index in [2.05, 4.69) is 4.98 Å². The number of rotatable bonds is 5. The summed E-state index contributed by atoms with van der Waals surface area (Å²) in [7, 11) is -3.41. The molecule has 2 heterocycles. The van der Waals surface area contributed by atoms with Crippen molar-refractivity contribution in [1.82, 2.24) is 9.29 Å². The molecular formula is C12H20N4O2S2. The van der Waals surface area contributed by atoms with Gasteiger partial charge < -0.3 is 11.5 Å². The predicted molar refractivity (Wildman–Crippen MR) is 80.8 cm³/mol. The molecular weight excluding hydrogens is 296 g/mol. The van der Waals surface area contributed by atoms with Gasteiger partial charge in [0.15, 0.2) is 0 Å². The molecule has 0 aromatic carbocycles. The lowest BCUT2D eigenvalue weighted by Crippen LogP contribution is -2.46. The van der Waals surface area contributed by atoms with Crippen LogP contribution in [-0.4, -0.2) is 48.0 Å². The summed E-state index contributed by atoms with van der Waals surface area (Å²) < 4.78 is 26.1. The van der Waals surface area contributed by atoms with E-state index in [1.54, 1.807) is 23.9 Å². The number of pyridine rings is 1. The molecule has 1 atom stereocenters. The van der Waals surface area contributed by atoms with E-state index < -0.39 is 15.6 Å². The maximum absolute atomic E-state index is 12.3. The predicted octanol–water partition coefficient (Wildman–Crippen LogP) is -0.00480. The molecule has 1 unspecified atom stereocenters. The molecule has 2 rings (SSSR count). The van der Waals surface area contributed by atoms with E-state index in [0.717, 1.165) is 11.4 Å². The van der Waals surface area contributed by atoms with Gasteiger partial charge in [-0.25, -0.2) is 8.42 Å². The maximum Gasteiger partial charge on any atom is 0.245 e. The number of hydrogen-bond donors (Lipinski definition) is 2. The van der Waals surface area contributed by atoms with E-state index in [0.29, 0.717) is 25.4 Å². The minimum Gasteiger partial charge on any atom is -0.329 e. The Labute approximate surface area is 124 Å². The molecule has 1 aromatic heterocycles. The van der Waals surface area contributed by atoms with Gasteiger partial charge in [0.2, 0.25) is 10.0 Å². The van der Waals surface area contributed by atoms with E-state index in [9.17, 15) is 8.42 Å². The van der Waals surface area contributed by atoms with Gasteiger partial charge >= 0.3 is 0 Å². The number of nitrogens with two attached hydrogens (primary N) is 2. The topological polar surface area (TPSA) is 102 Å². The number of aromatic nitrogens is 1. The number of sulfonamides is 1. The number of nitrogens with zero attached hydrogens (tertiary/aromatic N) is 2. The molecule has 20 heavy (non-hydrogen) atoms. The SMILES string of the molecule is CC(N)(CN)Cc1ccc(S(=O)(=O)N2CCSC2)cn1. The van der Waals surface area contributed by atoms with Gasteiger partial charge in [-0.3, -0.25) is 4.98 Å². The van der Waals surface area contributed by atoms with Crippen LogP contribution in [0, 0.1) is 0 Å². The summed E-state index contributed by atoms with van der Waals surface area (Å²) in [5.74, 6) is 1.35. The summed E-state index contributed by atoms with van der Waals surface area (Å²) in [5.41, 5.74) is 11.8. The van der Waals surface area contributed by atoms with Gasteiger partial charge in [-0.2, -0.15) is 4.31 Å². The van der Waals surface area contributed by atoms with Crippen molar-refractivity contribution >= 4 is 21.8 Å². The summed E-state index contributed by atoms with van der Waals surface area (Å²) >= 11 is 1.61. The van der Waals surface area contributed by atoms with Crippen molar-refractivity contribution in [1.29, 1.82) is 0 Å². The van der Waals surface area contributed by atoms with E-state index in [1.165, 1.54) is 10.5 Å². The quantitative estimate of drug-likeness (QED) is 0.792. The molecule has 0 saturated carbocycles. The third-order valence-corrected chi connectivity index (χ3v) is 6.16. The molecule has 8 heteroatoms. The second-order valence-corrected chi connectivity index (χ2v) is 8.25. The van der Waals surface area contributed by atoms with Gasteiger partial charge in [0.25, 0.3) is 0 Å². The molecule has 0 aliphatic carbocycles. The van der Waals surface area contributed by atoms with Crippen molar-refractivity contribution in [3.63, 3.8) is 0 Å². The van der Waals surface area contributed by atoms with Crippen molar-refractivity contribution in [3.05, 3.63) is 24.0 Å². The molecule has 0 amide bonds. The van der Waals surface area contributed by atoms with Gasteiger partial charge in [0.1, 0.15) is 4.90 Å². The van der Waals surface area contributed by atoms with Crippen molar-refractivity contribution in [2.75, 3.05) is 24.7 Å². The first kappa shape index (κ1) is 15.7. The van der Waals surface area contributed by atoms with Crippen LogP contribution in [-0.2, 0) is 16.4 Å². The summed E-state index contributed by atoms with van der Waals surface area (Å²) in [5, 5.41) is 0. The molecule has 1 aromatic rings. The molecule has 1 aliphatic heterocycles. The Morgan fingerprint density at radius 2 is 2.25 bits per heavy atom. The fourth-order valence-corrected chi connectivity index (χ4v) is 4.65. The first-order chi connectivity index (χ1) is 9.35. The van der Waals surface area contributed by atoms with Gasteiger partial charge in [0.05, 0.1) is 5.88 Å². The van der Waals surface area contributed by atoms with Crippen LogP contribution in [0.5, 0.6) is 0 Å². The van der Waals surface area contributed by atoms with Crippen LogP contribution in [0.1, 0.15) is 12.6 Å². The van der Waals surface area contributed by atoms with Gasteiger partial charge in [-0.05, 0) is 19.1 Å². The minimum absolute atomic E-state index is 0.232. The Morgan fingerprint density at radius 1 is 1.50 bits per heavy atom. The summed E-state index contributed by atoms with van der Waals surface area (Å²) in [4.78, 5) is 4.43. The van der Waals surface area contributed by atoms with E-state index in [1.807, 2.05) is 6.92 Å². The van der Waals surface area contributed by atoms with E-state index in [-0.39, 0.29) is 4.90 Å². The fourth-order valence-electron chi connectivity index (χ4n) is 1.89. The minimum atomic E-state index is -3.41. The summed E-state index contributed by atoms with van der Waals surface area (Å²) in [6.45, 7) is 2.75. The second kappa shape index (κ2) is 5.98. The number of thioether (sulfide) groups is 1. The third-order valence-electron chi connectivity index (χ3n) is 3.21. The summed E-state index contributed by atoms with van der Waals surface area (Å²) in [6.07, 6.45) is 1.92. The Hall–Kier alpha value is -0.670. The van der Waals surface area contributed by atoms with E-state index in [4.69, 9.17) is 11.5 Å². The Morgan fingerprint density at radius 3 is 2.75 bits per heavy atom. The van der Waals surface area contributed by atoms with E-state index >= 15 is 0 Å². The van der Waals surface area contributed by atoms with Gasteiger partial charge in [0, 0.05) is 42.7 Å². The highest BCUT2D eigenvalue weighted by Gasteiger charge is 2.28. The highest BCUT2D eigenvalue weighted by atomic mass is 32.2. The van der Waals surface area contributed by atoms with Crippen LogP contribution < -0.4 is 11.5 Å². The first-order valence-corrected chi connectivity index (χ1v) is 8.96. The standard InChI is InChI=1S/C12H20N4O2S2/c1-12(14,8-13)6-10-2-3-11(7-15-10)20(17,18)16-4-5-19-9-16/h2-3,7H,4-6,8-9,13-14H2,1H3. The average molecular weight is 316 g/mol. The lowest BCUT2D eigenvalue weighted by Gasteiger charge is -2.22. The normalized spacial score (nSPS) is 19.9. The van der Waals surface area contributed by atoms with Crippen molar-refractivity contribution < 1.29 is 8.42 Å². The Bertz CT molecular complexity index is 551. The molecule has 1 fully saturated rings. The zero-order chi connectivity index (χ0) is 14.8. The molecule has 112 valence electrons. The highest BCUT2D eigenvalue weighted by molar-refractivity contribution is 8.00.